The molecule has 0 amide bonds. The van der Waals surface area contributed by atoms with Crippen LogP contribution < -0.4 is 0 Å². The molecule has 0 aliphatic heterocycles. The third kappa shape index (κ3) is 4.27. The third-order valence-electron chi connectivity index (χ3n) is 2.96. The average molecular weight is 324 g/mol. The van der Waals surface area contributed by atoms with Gasteiger partial charge in [0.15, 0.2) is 0 Å². The number of hydrogen-bond acceptors (Lipinski definition) is 0. The fourth-order valence-electron chi connectivity index (χ4n) is 1.91. The van der Waals surface area contributed by atoms with Gasteiger partial charge < -0.3 is 0 Å². The van der Waals surface area contributed by atoms with Crippen LogP contribution >= 0.6 is 39.1 Å². The summed E-state index contributed by atoms with van der Waals surface area (Å²) in [5, 5.41) is 0.953. The number of rotatable bonds is 7. The van der Waals surface area contributed by atoms with Crippen molar-refractivity contribution >= 4 is 39.1 Å². The normalized spacial score (nSPS) is 11.7. The van der Waals surface area contributed by atoms with Crippen molar-refractivity contribution in [2.45, 2.75) is 19.3 Å². The molecule has 0 aliphatic rings. The van der Waals surface area contributed by atoms with Crippen LogP contribution in [0.25, 0.3) is 0 Å². The molecule has 3 heteroatoms. The maximum Gasteiger partial charge on any atom is 0.0229 e. The zero-order valence-corrected chi connectivity index (χ0v) is 12.4. The zero-order valence-electron chi connectivity index (χ0n) is 9.26. The second-order valence-electron chi connectivity index (χ2n) is 4.17. The highest BCUT2D eigenvalue weighted by atomic mass is 79.9. The van der Waals surface area contributed by atoms with Crippen molar-refractivity contribution in [3.05, 3.63) is 35.9 Å². The Morgan fingerprint density at radius 2 is 1.56 bits per heavy atom. The molecule has 0 aliphatic carbocycles. The second-order valence-corrected chi connectivity index (χ2v) is 5.49. The molecule has 0 spiro atoms. The standard InChI is InChI=1S/C13H17BrCl2/c14-11-13(6-8-15,7-9-16)10-12-4-2-1-3-5-12/h1-5H,6-11H2. The Hall–Kier alpha value is 0.280. The van der Waals surface area contributed by atoms with Crippen molar-refractivity contribution in [1.29, 1.82) is 0 Å². The lowest BCUT2D eigenvalue weighted by Crippen LogP contribution is -2.27. The van der Waals surface area contributed by atoms with Crippen LogP contribution in [0.15, 0.2) is 30.3 Å². The molecule has 16 heavy (non-hydrogen) atoms. The van der Waals surface area contributed by atoms with E-state index < -0.39 is 0 Å². The Morgan fingerprint density at radius 3 is 2.00 bits per heavy atom. The Bertz CT molecular complexity index is 281. The van der Waals surface area contributed by atoms with E-state index in [4.69, 9.17) is 23.2 Å². The van der Waals surface area contributed by atoms with Crippen LogP contribution in [0.1, 0.15) is 18.4 Å². The van der Waals surface area contributed by atoms with Gasteiger partial charge in [-0.05, 0) is 30.2 Å². The molecule has 1 aromatic carbocycles. The summed E-state index contributed by atoms with van der Waals surface area (Å²) in [4.78, 5) is 0. The zero-order chi connectivity index (χ0) is 11.9. The van der Waals surface area contributed by atoms with E-state index in [0.717, 1.165) is 24.6 Å². The van der Waals surface area contributed by atoms with Crippen LogP contribution in [0.4, 0.5) is 0 Å². The van der Waals surface area contributed by atoms with Crippen LogP contribution in [-0.4, -0.2) is 17.1 Å². The molecule has 0 nitrogen and oxygen atoms in total. The second kappa shape index (κ2) is 7.58. The first-order chi connectivity index (χ1) is 7.76. The van der Waals surface area contributed by atoms with E-state index in [9.17, 15) is 0 Å². The molecule has 0 fully saturated rings. The molecule has 1 rings (SSSR count). The highest BCUT2D eigenvalue weighted by Crippen LogP contribution is 2.34. The van der Waals surface area contributed by atoms with Crippen LogP contribution in [0, 0.1) is 5.41 Å². The highest BCUT2D eigenvalue weighted by molar-refractivity contribution is 9.09. The first kappa shape index (κ1) is 14.3. The van der Waals surface area contributed by atoms with Crippen molar-refractivity contribution in [3.8, 4) is 0 Å². The smallest absolute Gasteiger partial charge is 0.0229 e. The Kier molecular flexibility index (Phi) is 6.79. The van der Waals surface area contributed by atoms with Crippen molar-refractivity contribution in [1.82, 2.24) is 0 Å². The number of halogens is 3. The van der Waals surface area contributed by atoms with Crippen molar-refractivity contribution in [2.24, 2.45) is 5.41 Å². The van der Waals surface area contributed by atoms with Crippen molar-refractivity contribution in [3.63, 3.8) is 0 Å². The SMILES string of the molecule is ClCCC(CBr)(CCCl)Cc1ccccc1. The summed E-state index contributed by atoms with van der Waals surface area (Å²) in [6.45, 7) is 0. The first-order valence-electron chi connectivity index (χ1n) is 5.48. The average Bonchev–Trinajstić information content (AvgIpc) is 2.31. The highest BCUT2D eigenvalue weighted by Gasteiger charge is 2.27. The Labute approximate surface area is 116 Å². The van der Waals surface area contributed by atoms with Gasteiger partial charge >= 0.3 is 0 Å². The quantitative estimate of drug-likeness (QED) is 0.628. The summed E-state index contributed by atoms with van der Waals surface area (Å²) in [5.41, 5.74) is 1.56. The molecular weight excluding hydrogens is 307 g/mol. The van der Waals surface area contributed by atoms with Crippen molar-refractivity contribution in [2.75, 3.05) is 17.1 Å². The van der Waals surface area contributed by atoms with E-state index >= 15 is 0 Å². The number of benzene rings is 1. The fourth-order valence-corrected chi connectivity index (χ4v) is 3.47. The van der Waals surface area contributed by atoms with Gasteiger partial charge in [-0.25, -0.2) is 0 Å². The number of hydrogen-bond donors (Lipinski definition) is 0. The van der Waals surface area contributed by atoms with Gasteiger partial charge in [-0.15, -0.1) is 23.2 Å². The van der Waals surface area contributed by atoms with Crippen LogP contribution in [0.3, 0.4) is 0 Å². The molecule has 0 N–H and O–H groups in total. The van der Waals surface area contributed by atoms with Crippen molar-refractivity contribution < 1.29 is 0 Å². The lowest BCUT2D eigenvalue weighted by atomic mass is 9.79. The summed E-state index contributed by atoms with van der Waals surface area (Å²) in [7, 11) is 0. The molecule has 0 saturated carbocycles. The van der Waals surface area contributed by atoms with E-state index in [-0.39, 0.29) is 5.41 Å². The third-order valence-corrected chi connectivity index (χ3v) is 4.52. The van der Waals surface area contributed by atoms with E-state index in [0.29, 0.717) is 11.8 Å². The Balaban J connectivity index is 2.76. The lowest BCUT2D eigenvalue weighted by molar-refractivity contribution is 0.311. The lowest BCUT2D eigenvalue weighted by Gasteiger charge is -2.31. The van der Waals surface area contributed by atoms with Crippen LogP contribution in [0.2, 0.25) is 0 Å². The van der Waals surface area contributed by atoms with Gasteiger partial charge in [0.1, 0.15) is 0 Å². The summed E-state index contributed by atoms with van der Waals surface area (Å²) in [5.74, 6) is 1.38. The molecule has 90 valence electrons. The summed E-state index contributed by atoms with van der Waals surface area (Å²) >= 11 is 15.4. The molecule has 0 aromatic heterocycles. The maximum absolute atomic E-state index is 5.90. The minimum absolute atomic E-state index is 0.199. The predicted molar refractivity (Wildman–Crippen MR) is 77.0 cm³/mol. The summed E-state index contributed by atoms with van der Waals surface area (Å²) in [6.07, 6.45) is 3.04. The molecule has 0 heterocycles. The first-order valence-corrected chi connectivity index (χ1v) is 7.67. The maximum atomic E-state index is 5.90. The van der Waals surface area contributed by atoms with Gasteiger partial charge in [-0.2, -0.15) is 0 Å². The molecule has 0 atom stereocenters. The van der Waals surface area contributed by atoms with E-state index in [2.05, 4.69) is 40.2 Å². The molecule has 1 aromatic rings. The van der Waals surface area contributed by atoms with Gasteiger partial charge in [0.25, 0.3) is 0 Å². The summed E-state index contributed by atoms with van der Waals surface area (Å²) < 4.78 is 0. The van der Waals surface area contributed by atoms with E-state index in [1.165, 1.54) is 5.56 Å². The van der Waals surface area contributed by atoms with Gasteiger partial charge in [0.05, 0.1) is 0 Å². The van der Waals surface area contributed by atoms with Gasteiger partial charge in [0.2, 0.25) is 0 Å². The van der Waals surface area contributed by atoms with Crippen LogP contribution in [0.5, 0.6) is 0 Å². The van der Waals surface area contributed by atoms with Crippen LogP contribution in [-0.2, 0) is 6.42 Å². The predicted octanol–water partition coefficient (Wildman–Crippen LogP) is 4.87. The number of alkyl halides is 3. The molecule has 0 saturated heterocycles. The minimum Gasteiger partial charge on any atom is -0.127 e. The van der Waals surface area contributed by atoms with Gasteiger partial charge in [0, 0.05) is 17.1 Å². The topological polar surface area (TPSA) is 0 Å². The molecule has 0 radical (unpaired) electrons. The van der Waals surface area contributed by atoms with Gasteiger partial charge in [-0.1, -0.05) is 46.3 Å². The monoisotopic (exact) mass is 322 g/mol. The molecular formula is C13H17BrCl2. The fraction of sp³-hybridized carbons (Fsp3) is 0.538. The molecule has 0 unspecified atom stereocenters. The van der Waals surface area contributed by atoms with E-state index in [1.54, 1.807) is 0 Å². The minimum atomic E-state index is 0.199. The van der Waals surface area contributed by atoms with E-state index in [1.807, 2.05) is 6.07 Å². The summed E-state index contributed by atoms with van der Waals surface area (Å²) in [6, 6.07) is 10.5. The Morgan fingerprint density at radius 1 is 1.00 bits per heavy atom. The van der Waals surface area contributed by atoms with Gasteiger partial charge in [-0.3, -0.25) is 0 Å². The molecule has 0 bridgehead atoms. The largest absolute Gasteiger partial charge is 0.127 e.